The van der Waals surface area contributed by atoms with Gasteiger partial charge in [-0.15, -0.1) is 0 Å². The summed E-state index contributed by atoms with van der Waals surface area (Å²) in [5, 5.41) is 42.4. The number of hydrogen-bond acceptors (Lipinski definition) is 13. The van der Waals surface area contributed by atoms with Crippen molar-refractivity contribution in [2.24, 2.45) is 5.73 Å². The van der Waals surface area contributed by atoms with Crippen molar-refractivity contribution in [3.63, 3.8) is 0 Å². The minimum atomic E-state index is -1.29. The van der Waals surface area contributed by atoms with Gasteiger partial charge in [0, 0.05) is 43.7 Å². The second kappa shape index (κ2) is 29.0. The fourth-order valence-corrected chi connectivity index (χ4v) is 6.00. The lowest BCUT2D eigenvalue weighted by atomic mass is 10.1. The molecule has 0 saturated carbocycles. The van der Waals surface area contributed by atoms with Gasteiger partial charge in [-0.2, -0.15) is 4.98 Å². The van der Waals surface area contributed by atoms with Crippen molar-refractivity contribution in [2.75, 3.05) is 18.9 Å². The minimum absolute atomic E-state index is 0.0228. The van der Waals surface area contributed by atoms with Gasteiger partial charge in [-0.05, 0) is 25.8 Å². The number of unbranched alkanes of at least 4 members (excludes halogenated alkanes) is 10. The second-order valence-corrected chi connectivity index (χ2v) is 14.4. The van der Waals surface area contributed by atoms with E-state index in [1.54, 1.807) is 6.92 Å². The third kappa shape index (κ3) is 20.9. The number of carboxylic acid groups (broad SMARTS) is 3. The molecule has 0 aromatic carbocycles. The first-order valence-electron chi connectivity index (χ1n) is 20.1. The van der Waals surface area contributed by atoms with Crippen LogP contribution in [0.1, 0.15) is 129 Å². The number of allylic oxidation sites excluding steroid dienone is 1. The molecule has 59 heavy (non-hydrogen) atoms. The molecule has 336 valence electrons. The highest BCUT2D eigenvalue weighted by atomic mass is 19.1. The van der Waals surface area contributed by atoms with E-state index in [1.807, 2.05) is 0 Å². The van der Waals surface area contributed by atoms with Crippen LogP contribution in [0.15, 0.2) is 28.8 Å². The first-order valence-corrected chi connectivity index (χ1v) is 20.1. The molecule has 3 aliphatic heterocycles. The maximum Gasteiger partial charge on any atom is 0.351 e. The van der Waals surface area contributed by atoms with E-state index in [-0.39, 0.29) is 43.7 Å². The van der Waals surface area contributed by atoms with Crippen LogP contribution in [0, 0.1) is 0 Å². The summed E-state index contributed by atoms with van der Waals surface area (Å²) >= 11 is 0. The van der Waals surface area contributed by atoms with E-state index < -0.39 is 85.8 Å². The summed E-state index contributed by atoms with van der Waals surface area (Å²) in [6.45, 7) is 3.03. The third-order valence-corrected chi connectivity index (χ3v) is 9.51. The maximum atomic E-state index is 13.4. The number of carbonyl (C=O) groups is 5. The molecule has 2 fully saturated rings. The third-order valence-electron chi connectivity index (χ3n) is 9.51. The van der Waals surface area contributed by atoms with Gasteiger partial charge in [0.1, 0.15) is 48.9 Å². The molecule has 3 aliphatic rings. The van der Waals surface area contributed by atoms with Crippen molar-refractivity contribution in [3.05, 3.63) is 34.5 Å². The lowest BCUT2D eigenvalue weighted by Gasteiger charge is -2.28. The Morgan fingerprint density at radius 2 is 1.32 bits per heavy atom. The van der Waals surface area contributed by atoms with E-state index >= 15 is 0 Å². The topological polar surface area (TPSA) is 295 Å². The van der Waals surface area contributed by atoms with Gasteiger partial charge in [0.05, 0.1) is 19.6 Å². The zero-order chi connectivity index (χ0) is 44.5. The van der Waals surface area contributed by atoms with Crippen molar-refractivity contribution in [1.82, 2.24) is 14.5 Å². The van der Waals surface area contributed by atoms with Crippen LogP contribution in [0.4, 0.5) is 14.6 Å². The molecule has 7 atom stereocenters. The number of halogens is 2. The van der Waals surface area contributed by atoms with Gasteiger partial charge in [0.25, 0.3) is 0 Å². The highest BCUT2D eigenvalue weighted by Gasteiger charge is 2.41. The van der Waals surface area contributed by atoms with E-state index in [0.717, 1.165) is 12.8 Å². The zero-order valence-electron chi connectivity index (χ0n) is 34.0. The number of carboxylic acids is 3. The average molecular weight is 848 g/mol. The quantitative estimate of drug-likeness (QED) is 0.0728. The first kappa shape index (κ1) is 52.6. The number of ether oxygens (including phenoxy) is 2. The molecule has 1 aromatic heterocycles. The molecule has 2 saturated heterocycles. The fourth-order valence-electron chi connectivity index (χ4n) is 6.00. The predicted molar refractivity (Wildman–Crippen MR) is 210 cm³/mol. The summed E-state index contributed by atoms with van der Waals surface area (Å²) in [7, 11) is 0. The SMILES string of the molecule is CC1=CN(C2CC(F)C(CO)O2)C(=O)CC1=O.CCCCCCCCCCCCCC(=O)O.NC(CCC(=O)O)C(=O)O.Nc1ccn(C2CC(F)C(CO)O2)c(=O)n1. The smallest absolute Gasteiger partial charge is 0.351 e. The number of alkyl halides is 2. The molecule has 9 N–H and O–H groups in total. The van der Waals surface area contributed by atoms with Crippen LogP contribution in [0.25, 0.3) is 0 Å². The molecular weight excluding hydrogens is 784 g/mol. The number of hydrogen-bond donors (Lipinski definition) is 7. The highest BCUT2D eigenvalue weighted by molar-refractivity contribution is 6.09. The van der Waals surface area contributed by atoms with Crippen molar-refractivity contribution in [1.29, 1.82) is 0 Å². The number of Topliss-reactive ketones (excluding diaryl/α,β-unsaturated/α-hetero) is 1. The lowest BCUT2D eigenvalue weighted by Crippen LogP contribution is -2.40. The maximum absolute atomic E-state index is 13.4. The van der Waals surface area contributed by atoms with Crippen molar-refractivity contribution >= 4 is 35.4 Å². The van der Waals surface area contributed by atoms with Gasteiger partial charge in [0.2, 0.25) is 5.91 Å². The van der Waals surface area contributed by atoms with Crippen molar-refractivity contribution < 1.29 is 67.8 Å². The van der Waals surface area contributed by atoms with Crippen LogP contribution in [0.2, 0.25) is 0 Å². The Morgan fingerprint density at radius 3 is 1.78 bits per heavy atom. The van der Waals surface area contributed by atoms with Crippen molar-refractivity contribution in [3.8, 4) is 0 Å². The number of nitrogen functional groups attached to an aromatic ring is 1. The highest BCUT2D eigenvalue weighted by Crippen LogP contribution is 2.30. The van der Waals surface area contributed by atoms with Gasteiger partial charge in [-0.25, -0.2) is 13.6 Å². The second-order valence-electron chi connectivity index (χ2n) is 14.4. The number of rotatable bonds is 20. The Kier molecular flexibility index (Phi) is 25.8. The van der Waals surface area contributed by atoms with Crippen LogP contribution in [-0.4, -0.2) is 120 Å². The molecule has 0 bridgehead atoms. The van der Waals surface area contributed by atoms with E-state index in [1.165, 1.54) is 85.7 Å². The van der Waals surface area contributed by atoms with Gasteiger partial charge < -0.3 is 46.5 Å². The Hall–Kier alpha value is -4.37. The van der Waals surface area contributed by atoms with E-state index in [9.17, 15) is 37.5 Å². The van der Waals surface area contributed by atoms with Crippen LogP contribution in [0.3, 0.4) is 0 Å². The number of aliphatic hydroxyl groups is 2. The number of ketones is 1. The lowest BCUT2D eigenvalue weighted by molar-refractivity contribution is -0.145. The van der Waals surface area contributed by atoms with E-state index in [4.69, 9.17) is 46.5 Å². The molecule has 1 aromatic rings. The molecular formula is C39H63F2N5O13. The van der Waals surface area contributed by atoms with Gasteiger partial charge >= 0.3 is 23.6 Å². The number of aromatic nitrogens is 2. The summed E-state index contributed by atoms with van der Waals surface area (Å²) in [5.41, 5.74) is 10.2. The summed E-state index contributed by atoms with van der Waals surface area (Å²) in [5.74, 6) is -3.36. The molecule has 4 rings (SSSR count). The minimum Gasteiger partial charge on any atom is -0.481 e. The molecule has 1 amide bonds. The fraction of sp³-hybridized carbons (Fsp3) is 0.718. The Morgan fingerprint density at radius 1 is 0.831 bits per heavy atom. The first-order chi connectivity index (χ1) is 27.9. The number of carbonyl (C=O) groups excluding carboxylic acids is 2. The molecule has 20 heteroatoms. The normalized spacial score (nSPS) is 22.8. The van der Waals surface area contributed by atoms with Crippen LogP contribution in [0.5, 0.6) is 0 Å². The number of amides is 1. The summed E-state index contributed by atoms with van der Waals surface area (Å²) in [4.78, 5) is 69.2. The van der Waals surface area contributed by atoms with Gasteiger partial charge in [-0.3, -0.25) is 33.4 Å². The Labute approximate surface area is 342 Å². The monoisotopic (exact) mass is 847 g/mol. The van der Waals surface area contributed by atoms with Gasteiger partial charge in [-0.1, -0.05) is 71.1 Å². The standard InChI is InChI=1S/C14H28O2.C11H14FNO4.C9H12FN3O3.C5H9NO4/c1-2-3-4-5-6-7-8-9-10-11-12-13-14(15)16;1-6-4-13(10(16)3-8(6)15)11-2-7(12)9(5-14)17-11;10-5-3-8(16-6(5)4-14)13-2-1-7(11)12-9(13)15;6-3(5(9)10)1-2-4(7)8/h2-13H2,1H3,(H,15,16);4,7,9,11,14H,2-3,5H2,1H3;1-2,5-6,8,14H,3-4H2,(H2,11,12,15);3H,1-2,6H2,(H,7,8)(H,9,10). The van der Waals surface area contributed by atoms with Gasteiger partial charge in [0.15, 0.2) is 5.78 Å². The number of aliphatic hydroxyl groups excluding tert-OH is 2. The summed E-state index contributed by atoms with van der Waals surface area (Å²) in [6, 6.07) is 0.376. The summed E-state index contributed by atoms with van der Waals surface area (Å²) < 4.78 is 38.3. The van der Waals surface area contributed by atoms with Crippen LogP contribution in [-0.2, 0) is 33.4 Å². The van der Waals surface area contributed by atoms with Crippen LogP contribution >= 0.6 is 0 Å². The molecule has 7 unspecified atom stereocenters. The van der Waals surface area contributed by atoms with E-state index in [2.05, 4.69) is 11.9 Å². The Bertz CT molecular complexity index is 1550. The largest absolute Gasteiger partial charge is 0.481 e. The molecule has 18 nitrogen and oxygen atoms in total. The molecule has 0 aliphatic carbocycles. The summed E-state index contributed by atoms with van der Waals surface area (Å²) in [6.07, 6.45) is 11.0. The van der Waals surface area contributed by atoms with Crippen LogP contribution < -0.4 is 17.2 Å². The van der Waals surface area contributed by atoms with E-state index in [0.29, 0.717) is 12.0 Å². The zero-order valence-corrected chi connectivity index (χ0v) is 34.0. The number of nitrogens with zero attached hydrogens (tertiary/aromatic N) is 3. The number of aliphatic carboxylic acids is 3. The predicted octanol–water partition coefficient (Wildman–Crippen LogP) is 3.62. The average Bonchev–Trinajstić information content (AvgIpc) is 3.75. The Balaban J connectivity index is 0.000000400. The molecule has 4 heterocycles. The number of nitrogens with two attached hydrogens (primary N) is 2. The molecule has 0 radical (unpaired) electrons. The number of anilines is 1. The van der Waals surface area contributed by atoms with Crippen molar-refractivity contribution in [2.45, 2.75) is 166 Å². The molecule has 0 spiro atoms.